The van der Waals surface area contributed by atoms with Crippen LogP contribution in [0.4, 0.5) is 4.39 Å². The number of carboxylic acids is 1. The summed E-state index contributed by atoms with van der Waals surface area (Å²) in [7, 11) is 0. The van der Waals surface area contributed by atoms with Gasteiger partial charge in [0, 0.05) is 6.42 Å². The number of ether oxygens (including phenoxy) is 1. The molecule has 1 atom stereocenters. The zero-order chi connectivity index (χ0) is 16.9. The number of rotatable bonds is 7. The Kier molecular flexibility index (Phi) is 5.99. The lowest BCUT2D eigenvalue weighted by Crippen LogP contribution is -2.47. The molecule has 0 aliphatic heterocycles. The molecule has 128 valence electrons. The highest BCUT2D eigenvalue weighted by Gasteiger charge is 2.30. The molecular weight excluding hydrogens is 297 g/mol. The van der Waals surface area contributed by atoms with E-state index in [4.69, 9.17) is 10.5 Å². The van der Waals surface area contributed by atoms with Crippen molar-refractivity contribution < 1.29 is 19.0 Å². The number of nitrogens with two attached hydrogens (primary N) is 1. The minimum atomic E-state index is -1.33. The summed E-state index contributed by atoms with van der Waals surface area (Å²) in [6, 6.07) is 5.67. The highest BCUT2D eigenvalue weighted by atomic mass is 19.1. The fourth-order valence-corrected chi connectivity index (χ4v) is 3.26. The van der Waals surface area contributed by atoms with Crippen LogP contribution in [0.15, 0.2) is 18.2 Å². The fraction of sp³-hybridized carbons (Fsp3) is 0.611. The SMILES string of the molecule is CC(N)(Cc1cc(OCCF)ccc1C1CCCCC1)C(=O)O. The molecule has 0 radical (unpaired) electrons. The molecule has 3 N–H and O–H groups in total. The molecule has 23 heavy (non-hydrogen) atoms. The largest absolute Gasteiger partial charge is 0.491 e. The molecule has 0 bridgehead atoms. The van der Waals surface area contributed by atoms with Gasteiger partial charge in [-0.05, 0) is 48.9 Å². The molecule has 1 aromatic rings. The van der Waals surface area contributed by atoms with Crippen molar-refractivity contribution in [3.63, 3.8) is 0 Å². The molecule has 0 aromatic heterocycles. The second-order valence-electron chi connectivity index (χ2n) is 6.63. The number of hydrogen-bond acceptors (Lipinski definition) is 3. The van der Waals surface area contributed by atoms with E-state index in [2.05, 4.69) is 0 Å². The number of carbonyl (C=O) groups is 1. The Morgan fingerprint density at radius 3 is 2.70 bits per heavy atom. The minimum Gasteiger partial charge on any atom is -0.491 e. The molecule has 1 unspecified atom stereocenters. The van der Waals surface area contributed by atoms with Gasteiger partial charge < -0.3 is 15.6 Å². The predicted molar refractivity (Wildman–Crippen MR) is 87.7 cm³/mol. The molecule has 1 aromatic carbocycles. The average Bonchev–Trinajstić information content (AvgIpc) is 2.53. The molecule has 4 nitrogen and oxygen atoms in total. The monoisotopic (exact) mass is 323 g/mol. The Morgan fingerprint density at radius 2 is 2.09 bits per heavy atom. The van der Waals surface area contributed by atoms with Gasteiger partial charge in [-0.15, -0.1) is 0 Å². The van der Waals surface area contributed by atoms with Crippen LogP contribution >= 0.6 is 0 Å². The highest BCUT2D eigenvalue weighted by Crippen LogP contribution is 2.36. The molecule has 0 amide bonds. The van der Waals surface area contributed by atoms with E-state index >= 15 is 0 Å². The summed E-state index contributed by atoms with van der Waals surface area (Å²) in [4.78, 5) is 11.4. The van der Waals surface area contributed by atoms with E-state index < -0.39 is 18.2 Å². The van der Waals surface area contributed by atoms with E-state index in [1.54, 1.807) is 0 Å². The number of benzene rings is 1. The lowest BCUT2D eigenvalue weighted by atomic mass is 9.79. The summed E-state index contributed by atoms with van der Waals surface area (Å²) in [5.41, 5.74) is 6.67. The Morgan fingerprint density at radius 1 is 1.39 bits per heavy atom. The first kappa shape index (κ1) is 17.7. The first-order chi connectivity index (χ1) is 10.9. The highest BCUT2D eigenvalue weighted by molar-refractivity contribution is 5.78. The second-order valence-corrected chi connectivity index (χ2v) is 6.63. The number of carboxylic acid groups (broad SMARTS) is 1. The third kappa shape index (κ3) is 4.67. The third-order valence-corrected chi connectivity index (χ3v) is 4.55. The Bertz CT molecular complexity index is 539. The molecule has 0 spiro atoms. The number of alkyl halides is 1. The smallest absolute Gasteiger partial charge is 0.323 e. The van der Waals surface area contributed by atoms with E-state index in [9.17, 15) is 14.3 Å². The maximum absolute atomic E-state index is 12.3. The van der Waals surface area contributed by atoms with Crippen LogP contribution in [0.2, 0.25) is 0 Å². The van der Waals surface area contributed by atoms with E-state index in [1.165, 1.54) is 26.2 Å². The molecule has 2 rings (SSSR count). The van der Waals surface area contributed by atoms with Gasteiger partial charge in [-0.1, -0.05) is 25.3 Å². The molecule has 1 aliphatic rings. The molecular formula is C18H26FNO3. The van der Waals surface area contributed by atoms with Gasteiger partial charge >= 0.3 is 5.97 Å². The van der Waals surface area contributed by atoms with Crippen LogP contribution in [0, 0.1) is 0 Å². The Labute approximate surface area is 136 Å². The molecule has 0 saturated heterocycles. The summed E-state index contributed by atoms with van der Waals surface area (Å²) in [6.07, 6.45) is 6.12. The standard InChI is InChI=1S/C18H26FNO3/c1-18(20,17(21)22)12-14-11-15(23-10-9-19)7-8-16(14)13-5-3-2-4-6-13/h7-8,11,13H,2-6,9-10,12,20H2,1H3,(H,21,22). The van der Waals surface area contributed by atoms with Crippen molar-refractivity contribution in [1.29, 1.82) is 0 Å². The van der Waals surface area contributed by atoms with Crippen molar-refractivity contribution in [2.24, 2.45) is 5.73 Å². The molecule has 0 heterocycles. The first-order valence-corrected chi connectivity index (χ1v) is 8.28. The van der Waals surface area contributed by atoms with Crippen molar-refractivity contribution >= 4 is 5.97 Å². The van der Waals surface area contributed by atoms with Crippen LogP contribution in [0.25, 0.3) is 0 Å². The maximum atomic E-state index is 12.3. The van der Waals surface area contributed by atoms with Crippen LogP contribution < -0.4 is 10.5 Å². The zero-order valence-corrected chi connectivity index (χ0v) is 13.7. The van der Waals surface area contributed by atoms with Gasteiger partial charge in [-0.3, -0.25) is 4.79 Å². The summed E-state index contributed by atoms with van der Waals surface area (Å²) in [5, 5.41) is 9.31. The maximum Gasteiger partial charge on any atom is 0.323 e. The van der Waals surface area contributed by atoms with Gasteiger partial charge in [-0.25, -0.2) is 4.39 Å². The van der Waals surface area contributed by atoms with Gasteiger partial charge in [-0.2, -0.15) is 0 Å². The van der Waals surface area contributed by atoms with E-state index in [-0.39, 0.29) is 13.0 Å². The van der Waals surface area contributed by atoms with Crippen molar-refractivity contribution in [1.82, 2.24) is 0 Å². The van der Waals surface area contributed by atoms with Gasteiger partial charge in [0.25, 0.3) is 0 Å². The molecule has 1 fully saturated rings. The predicted octanol–water partition coefficient (Wildman–Crippen LogP) is 3.43. The van der Waals surface area contributed by atoms with Crippen molar-refractivity contribution in [2.45, 2.75) is 56.9 Å². The van der Waals surface area contributed by atoms with Crippen LogP contribution in [-0.2, 0) is 11.2 Å². The lowest BCUT2D eigenvalue weighted by Gasteiger charge is -2.27. The zero-order valence-electron chi connectivity index (χ0n) is 13.7. The topological polar surface area (TPSA) is 72.5 Å². The van der Waals surface area contributed by atoms with Crippen LogP contribution in [-0.4, -0.2) is 29.9 Å². The quantitative estimate of drug-likeness (QED) is 0.806. The van der Waals surface area contributed by atoms with E-state index in [0.717, 1.165) is 24.0 Å². The lowest BCUT2D eigenvalue weighted by molar-refractivity contribution is -0.142. The summed E-state index contributed by atoms with van der Waals surface area (Å²) in [6.45, 7) is 0.972. The van der Waals surface area contributed by atoms with E-state index in [1.807, 2.05) is 18.2 Å². The molecule has 5 heteroatoms. The van der Waals surface area contributed by atoms with Crippen molar-refractivity contribution in [2.75, 3.05) is 13.3 Å². The van der Waals surface area contributed by atoms with Gasteiger partial charge in [0.05, 0.1) is 0 Å². The molecule has 1 aliphatic carbocycles. The normalized spacial score (nSPS) is 18.4. The second kappa shape index (κ2) is 7.77. The van der Waals surface area contributed by atoms with Crippen LogP contribution in [0.3, 0.4) is 0 Å². The fourth-order valence-electron chi connectivity index (χ4n) is 3.26. The minimum absolute atomic E-state index is 0.00103. The first-order valence-electron chi connectivity index (χ1n) is 8.28. The van der Waals surface area contributed by atoms with Crippen molar-refractivity contribution in [3.8, 4) is 5.75 Å². The summed E-state index contributed by atoms with van der Waals surface area (Å²) < 4.78 is 17.7. The molecule has 1 saturated carbocycles. The summed E-state index contributed by atoms with van der Waals surface area (Å²) in [5.74, 6) is -0.0147. The number of aliphatic carboxylic acids is 1. The van der Waals surface area contributed by atoms with Crippen molar-refractivity contribution in [3.05, 3.63) is 29.3 Å². The third-order valence-electron chi connectivity index (χ3n) is 4.55. The number of halogens is 1. The summed E-state index contributed by atoms with van der Waals surface area (Å²) >= 11 is 0. The van der Waals surface area contributed by atoms with Crippen LogP contribution in [0.1, 0.15) is 56.1 Å². The van der Waals surface area contributed by atoms with E-state index in [0.29, 0.717) is 11.7 Å². The van der Waals surface area contributed by atoms with Gasteiger partial charge in [0.2, 0.25) is 0 Å². The van der Waals surface area contributed by atoms with Gasteiger partial charge in [0.1, 0.15) is 24.6 Å². The average molecular weight is 323 g/mol. The Balaban J connectivity index is 2.30. The Hall–Kier alpha value is -1.62. The van der Waals surface area contributed by atoms with Crippen LogP contribution in [0.5, 0.6) is 5.75 Å². The van der Waals surface area contributed by atoms with Gasteiger partial charge in [0.15, 0.2) is 0 Å². The number of hydrogen-bond donors (Lipinski definition) is 2.